The number of nitrogens with zero attached hydrogens (tertiary/aromatic N) is 2. The lowest BCUT2D eigenvalue weighted by Crippen LogP contribution is -2.41. The molecule has 0 unspecified atom stereocenters. The number of halogens is 2. The Kier molecular flexibility index (Phi) is 8.76. The van der Waals surface area contributed by atoms with E-state index < -0.39 is 0 Å². The molecule has 2 rings (SSSR count). The van der Waals surface area contributed by atoms with Crippen LogP contribution in [0.1, 0.15) is 12.5 Å². The summed E-state index contributed by atoms with van der Waals surface area (Å²) in [6, 6.07) is 12.4. The Morgan fingerprint density at radius 1 is 1.07 bits per heavy atom. The van der Waals surface area contributed by atoms with Crippen molar-refractivity contribution in [3.05, 3.63) is 58.1 Å². The zero-order chi connectivity index (χ0) is 21.4. The van der Waals surface area contributed by atoms with Crippen molar-refractivity contribution in [1.82, 2.24) is 9.80 Å². The van der Waals surface area contributed by atoms with Gasteiger partial charge in [-0.15, -0.1) is 0 Å². The maximum atomic E-state index is 12.6. The van der Waals surface area contributed by atoms with E-state index in [1.165, 1.54) is 0 Å². The Morgan fingerprint density at radius 3 is 2.48 bits per heavy atom. The van der Waals surface area contributed by atoms with E-state index in [4.69, 9.17) is 27.9 Å². The molecule has 0 saturated heterocycles. The standard InChI is InChI=1S/C21H25Cl2N3O3/c1-4-26(13-20(27)24-16-6-5-7-17(11-16)29-3)14-21(28)25(2)12-15-8-9-18(22)19(23)10-15/h5-11H,4,12-14H2,1-3H3,(H,24,27). The molecule has 0 aliphatic heterocycles. The van der Waals surface area contributed by atoms with Gasteiger partial charge in [0.25, 0.3) is 0 Å². The third kappa shape index (κ3) is 7.24. The molecule has 0 bridgehead atoms. The summed E-state index contributed by atoms with van der Waals surface area (Å²) in [6.07, 6.45) is 0. The molecule has 2 amide bonds. The number of nitrogens with one attached hydrogen (secondary N) is 1. The zero-order valence-electron chi connectivity index (χ0n) is 16.7. The fourth-order valence-electron chi connectivity index (χ4n) is 2.70. The molecule has 156 valence electrons. The van der Waals surface area contributed by atoms with Crippen molar-refractivity contribution < 1.29 is 14.3 Å². The topological polar surface area (TPSA) is 61.9 Å². The van der Waals surface area contributed by atoms with Gasteiger partial charge in [-0.2, -0.15) is 0 Å². The lowest BCUT2D eigenvalue weighted by molar-refractivity contribution is -0.132. The number of hydrogen-bond donors (Lipinski definition) is 1. The molecule has 0 radical (unpaired) electrons. The molecule has 0 saturated carbocycles. The zero-order valence-corrected chi connectivity index (χ0v) is 18.3. The first-order valence-electron chi connectivity index (χ1n) is 9.16. The van der Waals surface area contributed by atoms with Gasteiger partial charge in [0.05, 0.1) is 30.2 Å². The van der Waals surface area contributed by atoms with E-state index in [1.807, 2.05) is 13.0 Å². The predicted octanol–water partition coefficient (Wildman–Crippen LogP) is 3.92. The van der Waals surface area contributed by atoms with Gasteiger partial charge in [-0.1, -0.05) is 42.3 Å². The van der Waals surface area contributed by atoms with Crippen LogP contribution in [0.25, 0.3) is 0 Å². The number of rotatable bonds is 9. The van der Waals surface area contributed by atoms with Crippen LogP contribution >= 0.6 is 23.2 Å². The fraction of sp³-hybridized carbons (Fsp3) is 0.333. The number of methoxy groups -OCH3 is 1. The molecule has 0 spiro atoms. The number of benzene rings is 2. The maximum absolute atomic E-state index is 12.6. The van der Waals surface area contributed by atoms with Crippen molar-refractivity contribution in [1.29, 1.82) is 0 Å². The molecule has 0 aliphatic rings. The minimum atomic E-state index is -0.194. The SMILES string of the molecule is CCN(CC(=O)Nc1cccc(OC)c1)CC(=O)N(C)Cc1ccc(Cl)c(Cl)c1. The van der Waals surface area contributed by atoms with E-state index in [1.54, 1.807) is 60.4 Å². The van der Waals surface area contributed by atoms with E-state index >= 15 is 0 Å². The number of likely N-dealkylation sites (N-methyl/N-ethyl adjacent to an activating group) is 2. The van der Waals surface area contributed by atoms with Crippen molar-refractivity contribution in [3.63, 3.8) is 0 Å². The van der Waals surface area contributed by atoms with Gasteiger partial charge < -0.3 is 15.0 Å². The van der Waals surface area contributed by atoms with Gasteiger partial charge in [0, 0.05) is 25.3 Å². The second-order valence-corrected chi connectivity index (χ2v) is 7.40. The van der Waals surface area contributed by atoms with Crippen molar-refractivity contribution in [3.8, 4) is 5.75 Å². The Morgan fingerprint density at radius 2 is 1.83 bits per heavy atom. The van der Waals surface area contributed by atoms with Crippen LogP contribution < -0.4 is 10.1 Å². The second kappa shape index (κ2) is 11.0. The van der Waals surface area contributed by atoms with Gasteiger partial charge in [-0.05, 0) is 36.4 Å². The first kappa shape index (κ1) is 23.0. The first-order chi connectivity index (χ1) is 13.8. The van der Waals surface area contributed by atoms with Crippen LogP contribution in [-0.2, 0) is 16.1 Å². The average Bonchev–Trinajstić information content (AvgIpc) is 2.70. The van der Waals surface area contributed by atoms with Gasteiger partial charge in [0.2, 0.25) is 11.8 Å². The smallest absolute Gasteiger partial charge is 0.238 e. The van der Waals surface area contributed by atoms with Crippen LogP contribution in [0, 0.1) is 0 Å². The third-order valence-corrected chi connectivity index (χ3v) is 5.10. The predicted molar refractivity (Wildman–Crippen MR) is 117 cm³/mol. The largest absolute Gasteiger partial charge is 0.497 e. The molecule has 0 aliphatic carbocycles. The third-order valence-electron chi connectivity index (χ3n) is 4.36. The first-order valence-corrected chi connectivity index (χ1v) is 9.92. The van der Waals surface area contributed by atoms with Crippen LogP contribution in [0.15, 0.2) is 42.5 Å². The number of amides is 2. The Bertz CT molecular complexity index is 861. The molecule has 29 heavy (non-hydrogen) atoms. The van der Waals surface area contributed by atoms with Gasteiger partial charge in [-0.3, -0.25) is 14.5 Å². The minimum Gasteiger partial charge on any atom is -0.497 e. The summed E-state index contributed by atoms with van der Waals surface area (Å²) >= 11 is 12.0. The Labute approximate surface area is 181 Å². The highest BCUT2D eigenvalue weighted by molar-refractivity contribution is 6.42. The highest BCUT2D eigenvalue weighted by atomic mass is 35.5. The van der Waals surface area contributed by atoms with E-state index in [0.29, 0.717) is 34.6 Å². The number of carbonyl (C=O) groups excluding carboxylic acids is 2. The molecule has 2 aromatic carbocycles. The lowest BCUT2D eigenvalue weighted by Gasteiger charge is -2.24. The molecule has 0 aromatic heterocycles. The van der Waals surface area contributed by atoms with E-state index in [-0.39, 0.29) is 24.9 Å². The Balaban J connectivity index is 1.89. The molecule has 6 nitrogen and oxygen atoms in total. The molecule has 2 aromatic rings. The molecular formula is C21H25Cl2N3O3. The van der Waals surface area contributed by atoms with Gasteiger partial charge in [0.1, 0.15) is 5.75 Å². The quantitative estimate of drug-likeness (QED) is 0.645. The number of carbonyl (C=O) groups is 2. The summed E-state index contributed by atoms with van der Waals surface area (Å²) in [5.74, 6) is 0.376. The van der Waals surface area contributed by atoms with Crippen LogP contribution in [0.2, 0.25) is 10.0 Å². The number of hydrogen-bond acceptors (Lipinski definition) is 4. The molecule has 8 heteroatoms. The summed E-state index contributed by atoms with van der Waals surface area (Å²) in [5.41, 5.74) is 1.53. The Hall–Kier alpha value is -2.28. The molecule has 0 heterocycles. The molecular weight excluding hydrogens is 413 g/mol. The van der Waals surface area contributed by atoms with Crippen LogP contribution in [-0.4, -0.2) is 55.4 Å². The monoisotopic (exact) mass is 437 g/mol. The highest BCUT2D eigenvalue weighted by Crippen LogP contribution is 2.23. The molecule has 0 atom stereocenters. The van der Waals surface area contributed by atoms with E-state index in [2.05, 4.69) is 5.32 Å². The summed E-state index contributed by atoms with van der Waals surface area (Å²) in [5, 5.41) is 3.75. The van der Waals surface area contributed by atoms with Gasteiger partial charge in [0.15, 0.2) is 0 Å². The summed E-state index contributed by atoms with van der Waals surface area (Å²) < 4.78 is 5.15. The summed E-state index contributed by atoms with van der Waals surface area (Å²) in [4.78, 5) is 28.3. The molecule has 1 N–H and O–H groups in total. The van der Waals surface area contributed by atoms with E-state index in [0.717, 1.165) is 5.56 Å². The van der Waals surface area contributed by atoms with Crippen molar-refractivity contribution >= 4 is 40.7 Å². The summed E-state index contributed by atoms with van der Waals surface area (Å²) in [7, 11) is 3.29. The number of ether oxygens (including phenoxy) is 1. The minimum absolute atomic E-state index is 0.0906. The maximum Gasteiger partial charge on any atom is 0.238 e. The number of anilines is 1. The van der Waals surface area contributed by atoms with Crippen LogP contribution in [0.5, 0.6) is 5.75 Å². The van der Waals surface area contributed by atoms with Crippen molar-refractivity contribution in [2.75, 3.05) is 39.1 Å². The second-order valence-electron chi connectivity index (χ2n) is 6.58. The van der Waals surface area contributed by atoms with E-state index in [9.17, 15) is 9.59 Å². The normalized spacial score (nSPS) is 10.7. The summed E-state index contributed by atoms with van der Waals surface area (Å²) in [6.45, 7) is 3.13. The average molecular weight is 438 g/mol. The van der Waals surface area contributed by atoms with Gasteiger partial charge in [-0.25, -0.2) is 0 Å². The van der Waals surface area contributed by atoms with Gasteiger partial charge >= 0.3 is 0 Å². The van der Waals surface area contributed by atoms with Crippen molar-refractivity contribution in [2.24, 2.45) is 0 Å². The van der Waals surface area contributed by atoms with Crippen LogP contribution in [0.3, 0.4) is 0 Å². The van der Waals surface area contributed by atoms with Crippen LogP contribution in [0.4, 0.5) is 5.69 Å². The lowest BCUT2D eigenvalue weighted by atomic mass is 10.2. The fourth-order valence-corrected chi connectivity index (χ4v) is 3.02. The molecule has 0 fully saturated rings. The van der Waals surface area contributed by atoms with Crippen molar-refractivity contribution in [2.45, 2.75) is 13.5 Å². The highest BCUT2D eigenvalue weighted by Gasteiger charge is 2.17.